The van der Waals surface area contributed by atoms with Gasteiger partial charge < -0.3 is 47.7 Å². The SMILES string of the molecule is CCCCCCNC(=O)C(CC(=O)NCCNCCN)CC(=O)C(CC(=O)NCCNCCNC(=O)CCC(=O)CCCOC)NC(C)=O. The third-order valence-corrected chi connectivity index (χ3v) is 7.36. The lowest BCUT2D eigenvalue weighted by molar-refractivity contribution is -0.135. The van der Waals surface area contributed by atoms with Crippen molar-refractivity contribution in [3.63, 3.8) is 0 Å². The highest BCUT2D eigenvalue weighted by Gasteiger charge is 2.30. The maximum absolute atomic E-state index is 13.3. The Morgan fingerprint density at radius 2 is 1.24 bits per heavy atom. The fraction of sp³-hybridized carbons (Fsp3) is 0.788. The van der Waals surface area contributed by atoms with E-state index < -0.39 is 41.4 Å². The second-order valence-corrected chi connectivity index (χ2v) is 11.9. The minimum atomic E-state index is -1.17. The second-order valence-electron chi connectivity index (χ2n) is 11.9. The van der Waals surface area contributed by atoms with Gasteiger partial charge in [0, 0.05) is 112 Å². The predicted molar refractivity (Wildman–Crippen MR) is 186 cm³/mol. The van der Waals surface area contributed by atoms with Crippen LogP contribution in [0.4, 0.5) is 0 Å². The van der Waals surface area contributed by atoms with Crippen molar-refractivity contribution in [2.75, 3.05) is 72.6 Å². The van der Waals surface area contributed by atoms with E-state index in [-0.39, 0.29) is 50.3 Å². The maximum Gasteiger partial charge on any atom is 0.224 e. The highest BCUT2D eigenvalue weighted by molar-refractivity contribution is 5.96. The molecule has 0 aromatic rings. The van der Waals surface area contributed by atoms with Crippen molar-refractivity contribution in [3.05, 3.63) is 0 Å². The van der Waals surface area contributed by atoms with E-state index in [0.29, 0.717) is 71.8 Å². The first kappa shape index (κ1) is 45.5. The summed E-state index contributed by atoms with van der Waals surface area (Å²) in [5, 5.41) is 19.6. The minimum absolute atomic E-state index is 0.0210. The Labute approximate surface area is 291 Å². The molecule has 5 amide bonds. The van der Waals surface area contributed by atoms with Gasteiger partial charge in [0.05, 0.1) is 18.4 Å². The predicted octanol–water partition coefficient (Wildman–Crippen LogP) is -1.19. The van der Waals surface area contributed by atoms with Gasteiger partial charge in [-0.1, -0.05) is 26.2 Å². The van der Waals surface area contributed by atoms with Gasteiger partial charge in [0.1, 0.15) is 5.78 Å². The van der Waals surface area contributed by atoms with Crippen molar-refractivity contribution in [1.82, 2.24) is 37.2 Å². The molecule has 0 fully saturated rings. The Balaban J connectivity index is 4.81. The summed E-state index contributed by atoms with van der Waals surface area (Å²) in [7, 11) is 1.57. The second kappa shape index (κ2) is 30.6. The molecular formula is C33H62N8O8. The van der Waals surface area contributed by atoms with E-state index in [1.807, 2.05) is 0 Å². The van der Waals surface area contributed by atoms with E-state index in [0.717, 1.165) is 25.7 Å². The van der Waals surface area contributed by atoms with E-state index in [2.05, 4.69) is 44.1 Å². The molecule has 0 saturated heterocycles. The summed E-state index contributed by atoms with van der Waals surface area (Å²) in [5.41, 5.74) is 5.45. The van der Waals surface area contributed by atoms with Crippen molar-refractivity contribution in [2.24, 2.45) is 11.7 Å². The monoisotopic (exact) mass is 698 g/mol. The van der Waals surface area contributed by atoms with Crippen molar-refractivity contribution >= 4 is 41.1 Å². The van der Waals surface area contributed by atoms with Gasteiger partial charge in [-0.05, 0) is 12.8 Å². The maximum atomic E-state index is 13.3. The molecule has 0 aromatic heterocycles. The standard InChI is InChI=1S/C33H62N8O8/c1-4-5-6-7-13-40-33(48)26(23-31(46)38-19-15-35-14-12-34)22-29(44)28(41-25(2)42)24-32(47)39-20-17-36-16-18-37-30(45)11-10-27(43)9-8-21-49-3/h26,28,35-36H,4-24,34H2,1-3H3,(H,37,45)(H,38,46)(H,39,47)(H,40,48)(H,41,42). The molecular weight excluding hydrogens is 636 g/mol. The number of ether oxygens (including phenoxy) is 1. The number of hydrogen-bond acceptors (Lipinski definition) is 11. The molecule has 0 aliphatic carbocycles. The molecule has 9 N–H and O–H groups in total. The normalized spacial score (nSPS) is 12.0. The van der Waals surface area contributed by atoms with Crippen molar-refractivity contribution in [3.8, 4) is 0 Å². The van der Waals surface area contributed by atoms with E-state index in [1.165, 1.54) is 6.92 Å². The van der Waals surface area contributed by atoms with Gasteiger partial charge in [-0.15, -0.1) is 0 Å². The van der Waals surface area contributed by atoms with Gasteiger partial charge >= 0.3 is 0 Å². The van der Waals surface area contributed by atoms with Crippen LogP contribution in [0.25, 0.3) is 0 Å². The van der Waals surface area contributed by atoms with Crippen molar-refractivity contribution in [2.45, 2.75) is 90.5 Å². The first-order valence-corrected chi connectivity index (χ1v) is 17.5. The third kappa shape index (κ3) is 27.1. The van der Waals surface area contributed by atoms with Crippen LogP contribution in [-0.2, 0) is 38.3 Å². The zero-order chi connectivity index (χ0) is 36.7. The average Bonchev–Trinajstić information content (AvgIpc) is 3.05. The zero-order valence-electron chi connectivity index (χ0n) is 29.8. The van der Waals surface area contributed by atoms with Crippen LogP contribution >= 0.6 is 0 Å². The van der Waals surface area contributed by atoms with Gasteiger partial charge in [0.15, 0.2) is 5.78 Å². The van der Waals surface area contributed by atoms with Crippen molar-refractivity contribution < 1.29 is 38.3 Å². The molecule has 49 heavy (non-hydrogen) atoms. The van der Waals surface area contributed by atoms with Crippen LogP contribution in [0.2, 0.25) is 0 Å². The molecule has 0 spiro atoms. The number of unbranched alkanes of at least 4 members (excludes halogenated alkanes) is 3. The van der Waals surface area contributed by atoms with Crippen molar-refractivity contribution in [1.29, 1.82) is 0 Å². The molecule has 2 atom stereocenters. The first-order chi connectivity index (χ1) is 23.5. The van der Waals surface area contributed by atoms with E-state index in [1.54, 1.807) is 7.11 Å². The molecule has 2 unspecified atom stereocenters. The number of rotatable bonds is 32. The number of carbonyl (C=O) groups excluding carboxylic acids is 7. The van der Waals surface area contributed by atoms with Gasteiger partial charge in [-0.2, -0.15) is 0 Å². The van der Waals surface area contributed by atoms with Crippen LogP contribution in [0.1, 0.15) is 84.5 Å². The van der Waals surface area contributed by atoms with Crippen LogP contribution in [0.5, 0.6) is 0 Å². The lowest BCUT2D eigenvalue weighted by Crippen LogP contribution is -2.46. The number of carbonyl (C=O) groups is 7. The van der Waals surface area contributed by atoms with Crippen LogP contribution in [0.3, 0.4) is 0 Å². The largest absolute Gasteiger partial charge is 0.385 e. The molecule has 0 rings (SSSR count). The third-order valence-electron chi connectivity index (χ3n) is 7.36. The van der Waals surface area contributed by atoms with E-state index in [9.17, 15) is 33.6 Å². The smallest absolute Gasteiger partial charge is 0.224 e. The summed E-state index contributed by atoms with van der Waals surface area (Å²) in [5.74, 6) is -3.50. The Hall–Kier alpha value is -3.47. The molecule has 0 heterocycles. The number of amides is 5. The number of hydrogen-bond donors (Lipinski definition) is 8. The number of methoxy groups -OCH3 is 1. The van der Waals surface area contributed by atoms with E-state index >= 15 is 0 Å². The average molecular weight is 699 g/mol. The molecule has 0 aromatic carbocycles. The van der Waals surface area contributed by atoms with Gasteiger partial charge in [0.2, 0.25) is 29.5 Å². The summed E-state index contributed by atoms with van der Waals surface area (Å²) in [6.45, 7) is 7.54. The molecule has 16 nitrogen and oxygen atoms in total. The topological polar surface area (TPSA) is 239 Å². The van der Waals surface area contributed by atoms with Crippen LogP contribution in [0, 0.1) is 5.92 Å². The minimum Gasteiger partial charge on any atom is -0.385 e. The molecule has 16 heteroatoms. The zero-order valence-corrected chi connectivity index (χ0v) is 29.8. The Bertz CT molecular complexity index is 998. The Morgan fingerprint density at radius 1 is 0.633 bits per heavy atom. The number of nitrogens with two attached hydrogens (primary N) is 1. The summed E-state index contributed by atoms with van der Waals surface area (Å²) in [6.07, 6.45) is 4.26. The lowest BCUT2D eigenvalue weighted by Gasteiger charge is -2.21. The molecule has 0 radical (unpaired) electrons. The highest BCUT2D eigenvalue weighted by Crippen LogP contribution is 2.13. The lowest BCUT2D eigenvalue weighted by atomic mass is 9.92. The van der Waals surface area contributed by atoms with Crippen LogP contribution in [0.15, 0.2) is 0 Å². The summed E-state index contributed by atoms with van der Waals surface area (Å²) in [6, 6.07) is -1.17. The first-order valence-electron chi connectivity index (χ1n) is 17.5. The molecule has 0 aliphatic heterocycles. The summed E-state index contributed by atoms with van der Waals surface area (Å²) >= 11 is 0. The molecule has 0 bridgehead atoms. The fourth-order valence-corrected chi connectivity index (χ4v) is 4.70. The Morgan fingerprint density at radius 3 is 1.84 bits per heavy atom. The van der Waals surface area contributed by atoms with Crippen LogP contribution < -0.4 is 43.0 Å². The van der Waals surface area contributed by atoms with Gasteiger partial charge in [0.25, 0.3) is 0 Å². The Kier molecular flexibility index (Phi) is 28.4. The summed E-state index contributed by atoms with van der Waals surface area (Å²) in [4.78, 5) is 87.2. The molecule has 282 valence electrons. The molecule has 0 aliphatic rings. The fourth-order valence-electron chi connectivity index (χ4n) is 4.70. The van der Waals surface area contributed by atoms with Crippen LogP contribution in [-0.4, -0.2) is 120 Å². The quantitative estimate of drug-likeness (QED) is 0.0389. The number of ketones is 2. The van der Waals surface area contributed by atoms with E-state index in [4.69, 9.17) is 10.5 Å². The molecule has 0 saturated carbocycles. The highest BCUT2D eigenvalue weighted by atomic mass is 16.5. The summed E-state index contributed by atoms with van der Waals surface area (Å²) < 4.78 is 4.91. The van der Waals surface area contributed by atoms with Gasteiger partial charge in [-0.3, -0.25) is 33.6 Å². The number of Topliss-reactive ketones (excluding diaryl/α,β-unsaturated/α-hetero) is 2. The number of nitrogens with one attached hydrogen (secondary N) is 7. The van der Waals surface area contributed by atoms with Gasteiger partial charge in [-0.25, -0.2) is 0 Å².